The molecule has 0 aromatic rings. The van der Waals surface area contributed by atoms with Crippen molar-refractivity contribution in [2.24, 2.45) is 0 Å². The van der Waals surface area contributed by atoms with Crippen molar-refractivity contribution in [1.29, 1.82) is 0 Å². The summed E-state index contributed by atoms with van der Waals surface area (Å²) in [6.45, 7) is 0. The molecule has 0 saturated heterocycles. The molecule has 0 unspecified atom stereocenters. The van der Waals surface area contributed by atoms with Crippen LogP contribution in [0.3, 0.4) is 0 Å². The van der Waals surface area contributed by atoms with Crippen LogP contribution in [-0.2, 0) is 0 Å². The SMILES string of the molecule is [CH]1/C=C/C=C\C=C\CCCC/C=C/C1. The molecule has 1 aliphatic rings. The van der Waals surface area contributed by atoms with E-state index in [4.69, 9.17) is 0 Å². The summed E-state index contributed by atoms with van der Waals surface area (Å²) < 4.78 is 0. The smallest absolute Gasteiger partial charge is 0.0130 e. The summed E-state index contributed by atoms with van der Waals surface area (Å²) in [5.74, 6) is 0. The third kappa shape index (κ3) is 6.47. The first-order chi connectivity index (χ1) is 7.00. The zero-order chi connectivity index (χ0) is 9.90. The van der Waals surface area contributed by atoms with E-state index in [-0.39, 0.29) is 0 Å². The van der Waals surface area contributed by atoms with Gasteiger partial charge in [-0.25, -0.2) is 0 Å². The molecule has 0 amide bonds. The van der Waals surface area contributed by atoms with Crippen LogP contribution in [0.4, 0.5) is 0 Å². The van der Waals surface area contributed by atoms with Gasteiger partial charge in [0.05, 0.1) is 0 Å². The van der Waals surface area contributed by atoms with Gasteiger partial charge in [-0.2, -0.15) is 0 Å². The molecule has 0 heterocycles. The summed E-state index contributed by atoms with van der Waals surface area (Å²) in [5, 5.41) is 0. The van der Waals surface area contributed by atoms with Gasteiger partial charge in [0.2, 0.25) is 0 Å². The fourth-order valence-electron chi connectivity index (χ4n) is 1.34. The van der Waals surface area contributed by atoms with Crippen molar-refractivity contribution in [3.8, 4) is 0 Å². The molecular formula is C14H19. The Bertz CT molecular complexity index is 228. The minimum Gasteiger partial charge on any atom is -0.0885 e. The van der Waals surface area contributed by atoms with Crippen LogP contribution in [0.25, 0.3) is 0 Å². The first kappa shape index (κ1) is 11.0. The largest absolute Gasteiger partial charge is 0.0885 e. The summed E-state index contributed by atoms with van der Waals surface area (Å²) in [4.78, 5) is 0. The number of hydrogen-bond donors (Lipinski definition) is 0. The maximum absolute atomic E-state index is 2.29. The van der Waals surface area contributed by atoms with Crippen molar-refractivity contribution in [3.63, 3.8) is 0 Å². The molecule has 0 aliphatic heterocycles. The van der Waals surface area contributed by atoms with Crippen molar-refractivity contribution in [1.82, 2.24) is 0 Å². The van der Waals surface area contributed by atoms with Crippen LogP contribution in [0.1, 0.15) is 32.1 Å². The fraction of sp³-hybridized carbons (Fsp3) is 0.357. The van der Waals surface area contributed by atoms with Gasteiger partial charge >= 0.3 is 0 Å². The van der Waals surface area contributed by atoms with Crippen molar-refractivity contribution in [3.05, 3.63) is 55.0 Å². The molecule has 0 bridgehead atoms. The molecule has 0 spiro atoms. The zero-order valence-corrected chi connectivity index (χ0v) is 8.73. The Kier molecular flexibility index (Phi) is 6.74. The Morgan fingerprint density at radius 1 is 0.571 bits per heavy atom. The van der Waals surface area contributed by atoms with Crippen molar-refractivity contribution in [2.45, 2.75) is 32.1 Å². The Morgan fingerprint density at radius 3 is 2.21 bits per heavy atom. The molecule has 0 heteroatoms. The van der Waals surface area contributed by atoms with Crippen LogP contribution in [0.2, 0.25) is 0 Å². The van der Waals surface area contributed by atoms with Crippen LogP contribution in [-0.4, -0.2) is 0 Å². The van der Waals surface area contributed by atoms with Crippen molar-refractivity contribution >= 4 is 0 Å². The predicted molar refractivity (Wildman–Crippen MR) is 63.9 cm³/mol. The molecule has 0 aromatic carbocycles. The van der Waals surface area contributed by atoms with Crippen LogP contribution < -0.4 is 0 Å². The zero-order valence-electron chi connectivity index (χ0n) is 8.73. The Labute approximate surface area is 87.7 Å². The highest BCUT2D eigenvalue weighted by Crippen LogP contribution is 2.03. The highest BCUT2D eigenvalue weighted by Gasteiger charge is 1.83. The lowest BCUT2D eigenvalue weighted by atomic mass is 10.1. The first-order valence-corrected chi connectivity index (χ1v) is 5.47. The van der Waals surface area contributed by atoms with Crippen LogP contribution >= 0.6 is 0 Å². The summed E-state index contributed by atoms with van der Waals surface area (Å²) in [6, 6.07) is 0. The molecule has 1 rings (SSSR count). The molecule has 1 aliphatic carbocycles. The minimum atomic E-state index is 1.06. The van der Waals surface area contributed by atoms with Gasteiger partial charge in [0.25, 0.3) is 0 Å². The summed E-state index contributed by atoms with van der Waals surface area (Å²) in [5.41, 5.74) is 0. The Hall–Kier alpha value is -1.04. The first-order valence-electron chi connectivity index (χ1n) is 5.47. The van der Waals surface area contributed by atoms with Crippen molar-refractivity contribution in [2.75, 3.05) is 0 Å². The second-order valence-electron chi connectivity index (χ2n) is 3.43. The van der Waals surface area contributed by atoms with E-state index in [1.54, 1.807) is 0 Å². The molecule has 0 saturated carbocycles. The monoisotopic (exact) mass is 187 g/mol. The lowest BCUT2D eigenvalue weighted by Gasteiger charge is -1.93. The number of rotatable bonds is 0. The molecule has 1 radical (unpaired) electrons. The lowest BCUT2D eigenvalue weighted by molar-refractivity contribution is 0.761. The maximum Gasteiger partial charge on any atom is -0.0130 e. The Morgan fingerprint density at radius 2 is 1.29 bits per heavy atom. The third-order valence-electron chi connectivity index (χ3n) is 2.15. The van der Waals surface area contributed by atoms with Gasteiger partial charge in [-0.1, -0.05) is 48.6 Å². The van der Waals surface area contributed by atoms with Crippen molar-refractivity contribution < 1.29 is 0 Å². The van der Waals surface area contributed by atoms with E-state index in [0.717, 1.165) is 6.42 Å². The van der Waals surface area contributed by atoms with Gasteiger partial charge in [-0.3, -0.25) is 0 Å². The average molecular weight is 187 g/mol. The van der Waals surface area contributed by atoms with E-state index < -0.39 is 0 Å². The molecular weight excluding hydrogens is 168 g/mol. The predicted octanol–water partition coefficient (Wildman–Crippen LogP) is 4.38. The molecule has 0 fully saturated rings. The van der Waals surface area contributed by atoms with E-state index in [1.165, 1.54) is 25.7 Å². The van der Waals surface area contributed by atoms with Crippen LogP contribution in [0.5, 0.6) is 0 Å². The average Bonchev–Trinajstić information content (AvgIpc) is 2.22. The standard InChI is InChI=1S/C14H19/c1-2-4-6-8-10-12-14-13-11-9-7-5-3-1/h1-7,10,12H,8-9,11,13-14H2/b3-1-,4-2+,7-5+,12-10+. The molecule has 0 nitrogen and oxygen atoms in total. The van der Waals surface area contributed by atoms with Gasteiger partial charge in [0.1, 0.15) is 0 Å². The number of hydrogen-bond acceptors (Lipinski definition) is 0. The molecule has 14 heavy (non-hydrogen) atoms. The molecule has 0 aromatic heterocycles. The van der Waals surface area contributed by atoms with Gasteiger partial charge in [-0.05, 0) is 38.5 Å². The van der Waals surface area contributed by atoms with Gasteiger partial charge in [-0.15, -0.1) is 0 Å². The lowest BCUT2D eigenvalue weighted by Crippen LogP contribution is -1.73. The van der Waals surface area contributed by atoms with E-state index >= 15 is 0 Å². The highest BCUT2D eigenvalue weighted by molar-refractivity contribution is 5.14. The van der Waals surface area contributed by atoms with Gasteiger partial charge < -0.3 is 0 Å². The second kappa shape index (κ2) is 8.55. The topological polar surface area (TPSA) is 0 Å². The molecule has 0 atom stereocenters. The van der Waals surface area contributed by atoms with E-state index in [0.29, 0.717) is 0 Å². The van der Waals surface area contributed by atoms with Gasteiger partial charge in [0, 0.05) is 0 Å². The second-order valence-corrected chi connectivity index (χ2v) is 3.43. The van der Waals surface area contributed by atoms with Gasteiger partial charge in [0.15, 0.2) is 0 Å². The molecule has 75 valence electrons. The Balaban J connectivity index is 2.35. The quantitative estimate of drug-likeness (QED) is 0.494. The molecule has 0 N–H and O–H groups in total. The highest BCUT2D eigenvalue weighted by atomic mass is 13.9. The summed E-state index contributed by atoms with van der Waals surface area (Å²) in [6.07, 6.45) is 25.5. The van der Waals surface area contributed by atoms with E-state index in [9.17, 15) is 0 Å². The summed E-state index contributed by atoms with van der Waals surface area (Å²) in [7, 11) is 0. The third-order valence-corrected chi connectivity index (χ3v) is 2.15. The van der Waals surface area contributed by atoms with Crippen LogP contribution in [0, 0.1) is 6.42 Å². The van der Waals surface area contributed by atoms with E-state index in [2.05, 4.69) is 55.0 Å². The maximum atomic E-state index is 2.29. The van der Waals surface area contributed by atoms with Crippen LogP contribution in [0.15, 0.2) is 48.6 Å². The fourth-order valence-corrected chi connectivity index (χ4v) is 1.34. The number of allylic oxidation sites excluding steroid dienone is 8. The normalized spacial score (nSPS) is 28.6. The minimum absolute atomic E-state index is 1.06. The van der Waals surface area contributed by atoms with E-state index in [1.807, 2.05) is 0 Å². The summed E-state index contributed by atoms with van der Waals surface area (Å²) >= 11 is 0.